The van der Waals surface area contributed by atoms with Crippen LogP contribution in [0, 0.1) is 6.92 Å². The molecular formula is C22H35N3O4S. The molecule has 2 unspecified atom stereocenters. The van der Waals surface area contributed by atoms with Crippen molar-refractivity contribution in [3.05, 3.63) is 35.4 Å². The summed E-state index contributed by atoms with van der Waals surface area (Å²) >= 11 is 4.21. The lowest BCUT2D eigenvalue weighted by Gasteiger charge is -2.33. The van der Waals surface area contributed by atoms with E-state index in [0.717, 1.165) is 5.56 Å². The van der Waals surface area contributed by atoms with Gasteiger partial charge in [-0.1, -0.05) is 29.8 Å². The van der Waals surface area contributed by atoms with E-state index in [9.17, 15) is 14.4 Å². The van der Waals surface area contributed by atoms with Gasteiger partial charge in [0.2, 0.25) is 11.8 Å². The van der Waals surface area contributed by atoms with Crippen LogP contribution in [0.4, 0.5) is 4.79 Å². The van der Waals surface area contributed by atoms with Gasteiger partial charge in [0.1, 0.15) is 17.7 Å². The van der Waals surface area contributed by atoms with Gasteiger partial charge in [0.05, 0.1) is 0 Å². The molecule has 0 heterocycles. The van der Waals surface area contributed by atoms with E-state index in [1.807, 2.05) is 52.0 Å². The number of ether oxygens (including phenoxy) is 1. The number of nitrogens with zero attached hydrogens (tertiary/aromatic N) is 1. The first-order chi connectivity index (χ1) is 13.6. The molecular weight excluding hydrogens is 402 g/mol. The predicted octanol–water partition coefficient (Wildman–Crippen LogP) is 3.23. The van der Waals surface area contributed by atoms with Crippen molar-refractivity contribution in [1.82, 2.24) is 15.5 Å². The summed E-state index contributed by atoms with van der Waals surface area (Å²) in [7, 11) is 1.54. The second-order valence-corrected chi connectivity index (χ2v) is 9.75. The highest BCUT2D eigenvalue weighted by atomic mass is 32.1. The first-order valence-corrected chi connectivity index (χ1v) is 10.5. The molecule has 7 nitrogen and oxygen atoms in total. The number of carbonyl (C=O) groups is 3. The average Bonchev–Trinajstić information content (AvgIpc) is 2.57. The number of rotatable bonds is 6. The molecule has 3 amide bonds. The van der Waals surface area contributed by atoms with E-state index in [0.29, 0.717) is 5.56 Å². The Labute approximate surface area is 185 Å². The van der Waals surface area contributed by atoms with E-state index in [4.69, 9.17) is 4.74 Å². The lowest BCUT2D eigenvalue weighted by molar-refractivity contribution is -0.141. The number of aryl methyl sites for hydroxylation is 1. The van der Waals surface area contributed by atoms with Gasteiger partial charge in [-0.3, -0.25) is 9.59 Å². The van der Waals surface area contributed by atoms with Crippen LogP contribution in [0.1, 0.15) is 58.7 Å². The summed E-state index contributed by atoms with van der Waals surface area (Å²) in [5.74, 6) is -0.688. The molecule has 1 rings (SSSR count). The van der Waals surface area contributed by atoms with Gasteiger partial charge in [-0.2, -0.15) is 12.6 Å². The van der Waals surface area contributed by atoms with E-state index in [1.165, 1.54) is 4.90 Å². The molecule has 30 heavy (non-hydrogen) atoms. The third-order valence-electron chi connectivity index (χ3n) is 4.05. The van der Waals surface area contributed by atoms with Crippen LogP contribution in [-0.4, -0.2) is 52.8 Å². The van der Waals surface area contributed by atoms with Crippen LogP contribution in [-0.2, 0) is 14.3 Å². The van der Waals surface area contributed by atoms with Crippen LogP contribution in [0.25, 0.3) is 0 Å². The van der Waals surface area contributed by atoms with Crippen LogP contribution in [0.2, 0.25) is 0 Å². The fourth-order valence-electron chi connectivity index (χ4n) is 2.75. The van der Waals surface area contributed by atoms with Crippen LogP contribution in [0.5, 0.6) is 0 Å². The summed E-state index contributed by atoms with van der Waals surface area (Å²) in [4.78, 5) is 39.7. The molecule has 0 saturated heterocycles. The number of likely N-dealkylation sites (N-methyl/N-ethyl adjacent to an activating group) is 1. The van der Waals surface area contributed by atoms with Crippen molar-refractivity contribution in [2.24, 2.45) is 0 Å². The number of alkyl carbamates (subject to hydrolysis) is 1. The molecule has 0 aromatic heterocycles. The number of carbonyl (C=O) groups excluding carboxylic acids is 3. The average molecular weight is 438 g/mol. The maximum absolute atomic E-state index is 13.2. The second kappa shape index (κ2) is 10.2. The number of hydrogen-bond acceptors (Lipinski definition) is 5. The lowest BCUT2D eigenvalue weighted by Crippen LogP contribution is -2.54. The van der Waals surface area contributed by atoms with Crippen LogP contribution >= 0.6 is 12.6 Å². The summed E-state index contributed by atoms with van der Waals surface area (Å²) in [6.45, 7) is 12.8. The zero-order valence-corrected chi connectivity index (χ0v) is 20.1. The van der Waals surface area contributed by atoms with Crippen LogP contribution < -0.4 is 10.6 Å². The number of benzene rings is 1. The van der Waals surface area contributed by atoms with E-state index < -0.39 is 35.2 Å². The van der Waals surface area contributed by atoms with Gasteiger partial charge in [0.15, 0.2) is 0 Å². The quantitative estimate of drug-likeness (QED) is 0.596. The molecule has 0 spiro atoms. The van der Waals surface area contributed by atoms with Crippen molar-refractivity contribution in [1.29, 1.82) is 0 Å². The Hall–Kier alpha value is -2.22. The van der Waals surface area contributed by atoms with Crippen molar-refractivity contribution in [3.8, 4) is 0 Å². The van der Waals surface area contributed by atoms with Crippen LogP contribution in [0.15, 0.2) is 24.3 Å². The molecule has 0 saturated carbocycles. The minimum Gasteiger partial charge on any atom is -0.444 e. The maximum Gasteiger partial charge on any atom is 0.408 e. The molecule has 8 heteroatoms. The zero-order chi connectivity index (χ0) is 23.3. The largest absolute Gasteiger partial charge is 0.444 e. The number of nitrogens with one attached hydrogen (secondary N) is 2. The minimum absolute atomic E-state index is 0.0594. The molecule has 0 aliphatic carbocycles. The Morgan fingerprint density at radius 1 is 1.07 bits per heavy atom. The Morgan fingerprint density at radius 2 is 1.60 bits per heavy atom. The van der Waals surface area contributed by atoms with E-state index in [2.05, 4.69) is 23.3 Å². The fourth-order valence-corrected chi connectivity index (χ4v) is 2.99. The molecule has 2 atom stereocenters. The summed E-state index contributed by atoms with van der Waals surface area (Å²) in [6.07, 6.45) is -0.714. The molecule has 1 aromatic rings. The van der Waals surface area contributed by atoms with E-state index >= 15 is 0 Å². The van der Waals surface area contributed by atoms with Gasteiger partial charge < -0.3 is 20.3 Å². The van der Waals surface area contributed by atoms with Gasteiger partial charge in [-0.25, -0.2) is 4.79 Å². The first-order valence-electron chi connectivity index (χ1n) is 9.90. The van der Waals surface area contributed by atoms with Gasteiger partial charge in [-0.15, -0.1) is 0 Å². The fraction of sp³-hybridized carbons (Fsp3) is 0.591. The highest BCUT2D eigenvalue weighted by molar-refractivity contribution is 7.80. The van der Waals surface area contributed by atoms with Gasteiger partial charge in [-0.05, 0) is 54.0 Å². The monoisotopic (exact) mass is 437 g/mol. The Balaban J connectivity index is 3.15. The first kappa shape index (κ1) is 25.8. The van der Waals surface area contributed by atoms with Gasteiger partial charge in [0.25, 0.3) is 0 Å². The van der Waals surface area contributed by atoms with E-state index in [-0.39, 0.29) is 11.7 Å². The zero-order valence-electron chi connectivity index (χ0n) is 19.2. The van der Waals surface area contributed by atoms with Crippen molar-refractivity contribution in [2.45, 2.75) is 71.7 Å². The minimum atomic E-state index is -0.941. The van der Waals surface area contributed by atoms with Crippen molar-refractivity contribution >= 4 is 30.5 Å². The normalized spacial score (nSPS) is 13.8. The smallest absolute Gasteiger partial charge is 0.408 e. The highest BCUT2D eigenvalue weighted by Gasteiger charge is 2.34. The molecule has 168 valence electrons. The molecule has 0 fully saturated rings. The molecule has 0 radical (unpaired) electrons. The third kappa shape index (κ3) is 8.26. The van der Waals surface area contributed by atoms with Crippen molar-refractivity contribution < 1.29 is 19.1 Å². The summed E-state index contributed by atoms with van der Waals surface area (Å²) in [5.41, 5.74) is 0.551. The topological polar surface area (TPSA) is 87.7 Å². The van der Waals surface area contributed by atoms with Crippen molar-refractivity contribution in [2.75, 3.05) is 12.8 Å². The van der Waals surface area contributed by atoms with Gasteiger partial charge >= 0.3 is 6.09 Å². The SMILES string of the molecule is Cc1ccc(C(C(=O)NC(C)(C)C)N(C)C(=O)C(CS)NC(=O)OC(C)(C)C)cc1. The number of thiol groups is 1. The molecule has 0 bridgehead atoms. The lowest BCUT2D eigenvalue weighted by atomic mass is 10.0. The highest BCUT2D eigenvalue weighted by Crippen LogP contribution is 2.23. The van der Waals surface area contributed by atoms with E-state index in [1.54, 1.807) is 27.8 Å². The maximum atomic E-state index is 13.2. The molecule has 1 aromatic carbocycles. The Morgan fingerprint density at radius 3 is 2.03 bits per heavy atom. The Kier molecular flexibility index (Phi) is 8.77. The summed E-state index contributed by atoms with van der Waals surface area (Å²) < 4.78 is 5.24. The number of hydrogen-bond donors (Lipinski definition) is 3. The summed E-state index contributed by atoms with van der Waals surface area (Å²) in [6, 6.07) is 5.62. The molecule has 2 N–H and O–H groups in total. The summed E-state index contributed by atoms with van der Waals surface area (Å²) in [5, 5.41) is 5.48. The number of amides is 3. The van der Waals surface area contributed by atoms with Gasteiger partial charge in [0, 0.05) is 18.3 Å². The molecule has 0 aliphatic rings. The third-order valence-corrected chi connectivity index (χ3v) is 4.41. The predicted molar refractivity (Wildman–Crippen MR) is 122 cm³/mol. The standard InChI is InChI=1S/C22H35N3O4S/c1-14-9-11-15(12-10-14)17(18(26)24-21(2,3)4)25(8)19(27)16(13-30)23-20(28)29-22(5,6)7/h9-12,16-17,30H,13H2,1-8H3,(H,23,28)(H,24,26). The Bertz CT molecular complexity index is 751. The van der Waals surface area contributed by atoms with Crippen molar-refractivity contribution in [3.63, 3.8) is 0 Å². The molecule has 0 aliphatic heterocycles. The second-order valence-electron chi connectivity index (χ2n) is 9.38. The van der Waals surface area contributed by atoms with Crippen LogP contribution in [0.3, 0.4) is 0 Å².